The molecule has 1 aliphatic heterocycles. The van der Waals surface area contributed by atoms with Gasteiger partial charge in [-0.25, -0.2) is 4.79 Å². The monoisotopic (exact) mass is 406 g/mol. The minimum absolute atomic E-state index is 0.268. The minimum Gasteiger partial charge on any atom is -0.497 e. The average Bonchev–Trinajstić information content (AvgIpc) is 2.67. The molecular weight excluding hydrogens is 372 g/mol. The fourth-order valence-electron chi connectivity index (χ4n) is 3.47. The number of hydrogen-bond acceptors (Lipinski definition) is 6. The lowest BCUT2D eigenvalue weighted by Crippen LogP contribution is -2.55. The van der Waals surface area contributed by atoms with Gasteiger partial charge >= 0.3 is 12.1 Å². The van der Waals surface area contributed by atoms with E-state index in [4.69, 9.17) is 14.2 Å². The van der Waals surface area contributed by atoms with Gasteiger partial charge < -0.3 is 24.4 Å². The Morgan fingerprint density at radius 2 is 1.90 bits per heavy atom. The van der Waals surface area contributed by atoms with E-state index in [1.165, 1.54) is 0 Å². The van der Waals surface area contributed by atoms with Gasteiger partial charge in [0.25, 0.3) is 0 Å². The van der Waals surface area contributed by atoms with Crippen molar-refractivity contribution >= 4 is 12.1 Å². The summed E-state index contributed by atoms with van der Waals surface area (Å²) in [6.07, 6.45) is 1.00. The highest BCUT2D eigenvalue weighted by molar-refractivity contribution is 5.79. The number of piperidine rings is 1. The normalized spacial score (nSPS) is 19.6. The van der Waals surface area contributed by atoms with Crippen LogP contribution in [0.25, 0.3) is 0 Å². The van der Waals surface area contributed by atoms with Crippen LogP contribution in [0.3, 0.4) is 0 Å². The van der Waals surface area contributed by atoms with Crippen LogP contribution in [0.5, 0.6) is 5.75 Å². The maximum Gasteiger partial charge on any atom is 0.410 e. The van der Waals surface area contributed by atoms with E-state index < -0.39 is 11.0 Å². The molecule has 0 saturated carbocycles. The van der Waals surface area contributed by atoms with Gasteiger partial charge in [0.1, 0.15) is 11.4 Å². The van der Waals surface area contributed by atoms with Crippen LogP contribution in [0.2, 0.25) is 0 Å². The molecule has 1 aliphatic rings. The lowest BCUT2D eigenvalue weighted by molar-refractivity contribution is -0.158. The van der Waals surface area contributed by atoms with Crippen molar-refractivity contribution in [3.8, 4) is 5.75 Å². The van der Waals surface area contributed by atoms with Gasteiger partial charge in [0.05, 0.1) is 19.1 Å². The zero-order valence-electron chi connectivity index (χ0n) is 18.2. The van der Waals surface area contributed by atoms with Gasteiger partial charge in [-0.15, -0.1) is 0 Å². The molecular formula is C22H34N2O5. The maximum absolute atomic E-state index is 12.8. The molecule has 7 nitrogen and oxygen atoms in total. The molecule has 0 radical (unpaired) electrons. The zero-order chi connectivity index (χ0) is 21.5. The SMILES string of the molecule is CCOC(=O)C1(CNCc2ccc(OC)cc2)CCCN(C(=O)OC(C)(C)C)C1. The molecule has 0 spiro atoms. The number of likely N-dealkylation sites (tertiary alicyclic amines) is 1. The predicted octanol–water partition coefficient (Wildman–Crippen LogP) is 3.37. The molecule has 162 valence electrons. The van der Waals surface area contributed by atoms with Crippen LogP contribution in [-0.4, -0.2) is 55.9 Å². The van der Waals surface area contributed by atoms with Crippen molar-refractivity contribution < 1.29 is 23.8 Å². The van der Waals surface area contributed by atoms with E-state index in [0.29, 0.717) is 32.7 Å². The first-order chi connectivity index (χ1) is 13.7. The molecule has 1 aromatic rings. The fourth-order valence-corrected chi connectivity index (χ4v) is 3.47. The summed E-state index contributed by atoms with van der Waals surface area (Å²) in [6, 6.07) is 7.78. The average molecular weight is 407 g/mol. The number of ether oxygens (including phenoxy) is 3. The standard InChI is InChI=1S/C22H34N2O5/c1-6-28-19(25)22(15-23-14-17-8-10-18(27-5)11-9-17)12-7-13-24(16-22)20(26)29-21(2,3)4/h8-11,23H,6-7,12-16H2,1-5H3. The molecule has 1 N–H and O–H groups in total. The van der Waals surface area contributed by atoms with E-state index in [-0.39, 0.29) is 18.6 Å². The molecule has 0 aliphatic carbocycles. The van der Waals surface area contributed by atoms with Gasteiger partial charge in [0, 0.05) is 26.2 Å². The second kappa shape index (κ2) is 9.96. The van der Waals surface area contributed by atoms with Gasteiger partial charge in [-0.2, -0.15) is 0 Å². The summed E-state index contributed by atoms with van der Waals surface area (Å²) in [5.41, 5.74) is -0.268. The van der Waals surface area contributed by atoms with Crippen LogP contribution in [0.15, 0.2) is 24.3 Å². The third-order valence-electron chi connectivity index (χ3n) is 4.89. The lowest BCUT2D eigenvalue weighted by Gasteiger charge is -2.41. The van der Waals surface area contributed by atoms with E-state index in [1.54, 1.807) is 18.9 Å². The largest absolute Gasteiger partial charge is 0.497 e. The van der Waals surface area contributed by atoms with Crippen LogP contribution < -0.4 is 10.1 Å². The first-order valence-corrected chi connectivity index (χ1v) is 10.2. The topological polar surface area (TPSA) is 77.1 Å². The Bertz CT molecular complexity index is 683. The summed E-state index contributed by atoms with van der Waals surface area (Å²) in [4.78, 5) is 27.0. The van der Waals surface area contributed by atoms with Crippen molar-refractivity contribution in [2.75, 3.05) is 33.4 Å². The van der Waals surface area contributed by atoms with Crippen LogP contribution >= 0.6 is 0 Å². The van der Waals surface area contributed by atoms with Crippen molar-refractivity contribution in [1.29, 1.82) is 0 Å². The molecule has 0 bridgehead atoms. The van der Waals surface area contributed by atoms with E-state index in [9.17, 15) is 9.59 Å². The van der Waals surface area contributed by atoms with Crippen LogP contribution in [0.1, 0.15) is 46.1 Å². The summed E-state index contributed by atoms with van der Waals surface area (Å²) in [5.74, 6) is 0.535. The summed E-state index contributed by atoms with van der Waals surface area (Å²) in [7, 11) is 1.63. The minimum atomic E-state index is -0.780. The molecule has 1 amide bonds. The van der Waals surface area contributed by atoms with E-state index in [2.05, 4.69) is 5.32 Å². The molecule has 1 aromatic carbocycles. The zero-order valence-corrected chi connectivity index (χ0v) is 18.2. The van der Waals surface area contributed by atoms with Gasteiger partial charge in [-0.3, -0.25) is 4.79 Å². The molecule has 1 fully saturated rings. The number of carbonyl (C=O) groups is 2. The smallest absolute Gasteiger partial charge is 0.410 e. The number of nitrogens with zero attached hydrogens (tertiary/aromatic N) is 1. The van der Waals surface area contributed by atoms with E-state index in [0.717, 1.165) is 17.7 Å². The molecule has 29 heavy (non-hydrogen) atoms. The van der Waals surface area contributed by atoms with Gasteiger partial charge in [-0.05, 0) is 58.2 Å². The van der Waals surface area contributed by atoms with Crippen LogP contribution in [0, 0.1) is 5.41 Å². The Hall–Kier alpha value is -2.28. The number of hydrogen-bond donors (Lipinski definition) is 1. The van der Waals surface area contributed by atoms with Crippen molar-refractivity contribution in [3.63, 3.8) is 0 Å². The Morgan fingerprint density at radius 3 is 2.48 bits per heavy atom. The van der Waals surface area contributed by atoms with Crippen molar-refractivity contribution in [2.24, 2.45) is 5.41 Å². The van der Waals surface area contributed by atoms with Crippen LogP contribution in [0.4, 0.5) is 4.79 Å². The highest BCUT2D eigenvalue weighted by Crippen LogP contribution is 2.32. The van der Waals surface area contributed by atoms with Crippen molar-refractivity contribution in [2.45, 2.75) is 52.7 Å². The van der Waals surface area contributed by atoms with Gasteiger partial charge in [0.15, 0.2) is 0 Å². The van der Waals surface area contributed by atoms with Crippen molar-refractivity contribution in [3.05, 3.63) is 29.8 Å². The summed E-state index contributed by atoms with van der Waals surface area (Å²) in [6.45, 7) is 9.52. The first-order valence-electron chi connectivity index (χ1n) is 10.2. The molecule has 0 aromatic heterocycles. The lowest BCUT2D eigenvalue weighted by atomic mass is 9.79. The molecule has 1 atom stereocenters. The number of rotatable bonds is 7. The highest BCUT2D eigenvalue weighted by Gasteiger charge is 2.45. The van der Waals surface area contributed by atoms with Gasteiger partial charge in [0.2, 0.25) is 0 Å². The highest BCUT2D eigenvalue weighted by atomic mass is 16.6. The Labute approximate surface area is 173 Å². The summed E-state index contributed by atoms with van der Waals surface area (Å²) >= 11 is 0. The summed E-state index contributed by atoms with van der Waals surface area (Å²) in [5, 5.41) is 3.38. The Balaban J connectivity index is 2.06. The van der Waals surface area contributed by atoms with Crippen molar-refractivity contribution in [1.82, 2.24) is 10.2 Å². The quantitative estimate of drug-likeness (QED) is 0.700. The second-order valence-corrected chi connectivity index (χ2v) is 8.46. The maximum atomic E-state index is 12.8. The number of esters is 1. The molecule has 7 heteroatoms. The number of nitrogens with one attached hydrogen (secondary N) is 1. The molecule has 1 heterocycles. The van der Waals surface area contributed by atoms with E-state index in [1.807, 2.05) is 45.0 Å². The Morgan fingerprint density at radius 1 is 1.21 bits per heavy atom. The Kier molecular flexibility index (Phi) is 7.90. The molecule has 2 rings (SSSR count). The third kappa shape index (κ3) is 6.63. The fraction of sp³-hybridized carbons (Fsp3) is 0.636. The first kappa shape index (κ1) is 23.0. The van der Waals surface area contributed by atoms with Crippen LogP contribution in [-0.2, 0) is 20.8 Å². The second-order valence-electron chi connectivity index (χ2n) is 8.46. The number of carbonyl (C=O) groups excluding carboxylic acids is 2. The number of amides is 1. The summed E-state index contributed by atoms with van der Waals surface area (Å²) < 4.78 is 16.1. The van der Waals surface area contributed by atoms with E-state index >= 15 is 0 Å². The number of benzene rings is 1. The molecule has 1 unspecified atom stereocenters. The third-order valence-corrected chi connectivity index (χ3v) is 4.89. The number of methoxy groups -OCH3 is 1. The predicted molar refractivity (Wildman–Crippen MR) is 111 cm³/mol. The van der Waals surface area contributed by atoms with Gasteiger partial charge in [-0.1, -0.05) is 12.1 Å². The molecule has 1 saturated heterocycles.